The van der Waals surface area contributed by atoms with Crippen molar-refractivity contribution in [2.24, 2.45) is 5.92 Å². The maximum absolute atomic E-state index is 12.5. The van der Waals surface area contributed by atoms with Gasteiger partial charge in [0.15, 0.2) is 0 Å². The van der Waals surface area contributed by atoms with Crippen LogP contribution in [-0.2, 0) is 14.3 Å². The Hall–Kier alpha value is -1.44. The van der Waals surface area contributed by atoms with Gasteiger partial charge >= 0.3 is 18.0 Å². The first-order chi connectivity index (χ1) is 9.95. The Morgan fingerprint density at radius 3 is 2.57 bits per heavy atom. The van der Waals surface area contributed by atoms with Crippen molar-refractivity contribution < 1.29 is 24.2 Å². The Morgan fingerprint density at radius 1 is 1.38 bits per heavy atom. The van der Waals surface area contributed by atoms with E-state index in [0.29, 0.717) is 11.7 Å². The van der Waals surface area contributed by atoms with Crippen LogP contribution >= 0.6 is 11.8 Å². The molecular weight excluding hydrogens is 296 g/mol. The van der Waals surface area contributed by atoms with Gasteiger partial charge in [-0.3, -0.25) is 9.69 Å². The van der Waals surface area contributed by atoms with Gasteiger partial charge in [0.25, 0.3) is 0 Å². The standard InChI is InChI=1S/C13H20N2O5S/c1-14(6-5-10(16)20-2)13(19)15-9(12(17)18)7-21-11(15)8-3-4-8/h8-9,11H,3-7H2,1-2H3,(H,17,18). The van der Waals surface area contributed by atoms with E-state index in [2.05, 4.69) is 4.74 Å². The molecular formula is C13H20N2O5S. The van der Waals surface area contributed by atoms with E-state index in [-0.39, 0.29) is 30.3 Å². The van der Waals surface area contributed by atoms with Crippen LogP contribution in [0.3, 0.4) is 0 Å². The van der Waals surface area contributed by atoms with Gasteiger partial charge in [0.1, 0.15) is 6.04 Å². The highest BCUT2D eigenvalue weighted by molar-refractivity contribution is 8.00. The third-order valence-corrected chi connectivity index (χ3v) is 5.23. The van der Waals surface area contributed by atoms with Crippen LogP contribution in [-0.4, -0.2) is 70.7 Å². The summed E-state index contributed by atoms with van der Waals surface area (Å²) in [7, 11) is 2.88. The molecule has 0 radical (unpaired) electrons. The topological polar surface area (TPSA) is 87.2 Å². The Morgan fingerprint density at radius 2 is 2.05 bits per heavy atom. The van der Waals surface area contributed by atoms with E-state index in [1.807, 2.05) is 0 Å². The number of hydrogen-bond donors (Lipinski definition) is 1. The number of aliphatic carboxylic acids is 1. The second kappa shape index (κ2) is 6.55. The summed E-state index contributed by atoms with van der Waals surface area (Å²) < 4.78 is 4.55. The summed E-state index contributed by atoms with van der Waals surface area (Å²) in [5, 5.41) is 9.23. The lowest BCUT2D eigenvalue weighted by Gasteiger charge is -2.31. The summed E-state index contributed by atoms with van der Waals surface area (Å²) in [5.74, 6) is -0.538. The van der Waals surface area contributed by atoms with Crippen molar-refractivity contribution in [2.75, 3.05) is 26.5 Å². The fourth-order valence-electron chi connectivity index (χ4n) is 2.36. The number of carbonyl (C=O) groups excluding carboxylic acids is 2. The number of carboxylic acids is 1. The van der Waals surface area contributed by atoms with E-state index in [4.69, 9.17) is 0 Å². The lowest BCUT2D eigenvalue weighted by Crippen LogP contribution is -2.51. The van der Waals surface area contributed by atoms with E-state index in [1.165, 1.54) is 28.7 Å². The smallest absolute Gasteiger partial charge is 0.327 e. The molecule has 0 aromatic heterocycles. The number of carbonyl (C=O) groups is 3. The second-order valence-electron chi connectivity index (χ2n) is 5.35. The fraction of sp³-hybridized carbons (Fsp3) is 0.769. The molecule has 1 aliphatic heterocycles. The molecule has 2 fully saturated rings. The first-order valence-corrected chi connectivity index (χ1v) is 7.95. The highest BCUT2D eigenvalue weighted by atomic mass is 32.2. The van der Waals surface area contributed by atoms with Gasteiger partial charge in [0, 0.05) is 19.3 Å². The predicted molar refractivity (Wildman–Crippen MR) is 76.9 cm³/mol. The molecule has 0 aromatic carbocycles. The van der Waals surface area contributed by atoms with Crippen LogP contribution in [0.2, 0.25) is 0 Å². The minimum absolute atomic E-state index is 0.0563. The van der Waals surface area contributed by atoms with E-state index in [9.17, 15) is 19.5 Å². The molecule has 1 N–H and O–H groups in total. The molecule has 2 rings (SSSR count). The van der Waals surface area contributed by atoms with Gasteiger partial charge in [-0.15, -0.1) is 11.8 Å². The van der Waals surface area contributed by atoms with E-state index in [0.717, 1.165) is 12.8 Å². The summed E-state index contributed by atoms with van der Waals surface area (Å²) >= 11 is 1.54. The average molecular weight is 316 g/mol. The molecule has 2 aliphatic rings. The molecule has 1 saturated carbocycles. The monoisotopic (exact) mass is 316 g/mol. The van der Waals surface area contributed by atoms with Crippen LogP contribution < -0.4 is 0 Å². The highest BCUT2D eigenvalue weighted by Gasteiger charge is 2.48. The zero-order valence-electron chi connectivity index (χ0n) is 12.2. The molecule has 1 heterocycles. The molecule has 2 amide bonds. The van der Waals surface area contributed by atoms with Crippen LogP contribution in [0, 0.1) is 5.92 Å². The number of carboxylic acid groups (broad SMARTS) is 1. The van der Waals surface area contributed by atoms with Crippen LogP contribution in [0.1, 0.15) is 19.3 Å². The zero-order valence-corrected chi connectivity index (χ0v) is 13.0. The Labute approximate surface area is 127 Å². The van der Waals surface area contributed by atoms with Crippen molar-refractivity contribution in [3.8, 4) is 0 Å². The number of urea groups is 1. The number of esters is 1. The minimum atomic E-state index is -0.972. The maximum Gasteiger partial charge on any atom is 0.327 e. The number of rotatable bonds is 5. The Kier molecular flexibility index (Phi) is 4.97. The van der Waals surface area contributed by atoms with Gasteiger partial charge in [0.05, 0.1) is 18.9 Å². The van der Waals surface area contributed by atoms with E-state index in [1.54, 1.807) is 7.05 Å². The normalized spacial score (nSPS) is 24.8. The summed E-state index contributed by atoms with van der Waals surface area (Å²) in [5.41, 5.74) is 0. The Balaban J connectivity index is 2.02. The second-order valence-corrected chi connectivity index (χ2v) is 6.50. The first kappa shape index (κ1) is 15.9. The van der Waals surface area contributed by atoms with Crippen molar-refractivity contribution in [1.82, 2.24) is 9.80 Å². The van der Waals surface area contributed by atoms with Crippen LogP contribution in [0.4, 0.5) is 4.79 Å². The van der Waals surface area contributed by atoms with E-state index >= 15 is 0 Å². The van der Waals surface area contributed by atoms with Gasteiger partial charge in [-0.05, 0) is 18.8 Å². The van der Waals surface area contributed by atoms with Gasteiger partial charge in [-0.2, -0.15) is 0 Å². The van der Waals surface area contributed by atoms with Crippen molar-refractivity contribution in [2.45, 2.75) is 30.7 Å². The molecule has 21 heavy (non-hydrogen) atoms. The molecule has 0 spiro atoms. The first-order valence-electron chi connectivity index (χ1n) is 6.90. The average Bonchev–Trinajstić information content (AvgIpc) is 3.21. The number of nitrogens with zero attached hydrogens (tertiary/aromatic N) is 2. The molecule has 118 valence electrons. The molecule has 2 unspecified atom stereocenters. The van der Waals surface area contributed by atoms with Crippen molar-refractivity contribution >= 4 is 29.7 Å². The number of thioether (sulfide) groups is 1. The number of methoxy groups -OCH3 is 1. The molecule has 2 atom stereocenters. The molecule has 0 aromatic rings. The molecule has 0 bridgehead atoms. The molecule has 8 heteroatoms. The largest absolute Gasteiger partial charge is 0.480 e. The summed E-state index contributed by atoms with van der Waals surface area (Å²) in [6.45, 7) is 0.219. The molecule has 1 saturated heterocycles. The Bertz CT molecular complexity index is 440. The number of hydrogen-bond acceptors (Lipinski definition) is 5. The molecule has 7 nitrogen and oxygen atoms in total. The van der Waals surface area contributed by atoms with Crippen LogP contribution in [0.25, 0.3) is 0 Å². The van der Waals surface area contributed by atoms with Crippen molar-refractivity contribution in [1.29, 1.82) is 0 Å². The summed E-state index contributed by atoms with van der Waals surface area (Å²) in [4.78, 5) is 37.9. The quantitative estimate of drug-likeness (QED) is 0.756. The lowest BCUT2D eigenvalue weighted by atomic mass is 10.2. The third-order valence-electron chi connectivity index (χ3n) is 3.77. The summed E-state index contributed by atoms with van der Waals surface area (Å²) in [6, 6.07) is -1.11. The maximum atomic E-state index is 12.5. The summed E-state index contributed by atoms with van der Waals surface area (Å²) in [6.07, 6.45) is 2.19. The van der Waals surface area contributed by atoms with Crippen molar-refractivity contribution in [3.05, 3.63) is 0 Å². The van der Waals surface area contributed by atoms with Gasteiger partial charge in [-0.25, -0.2) is 9.59 Å². The zero-order chi connectivity index (χ0) is 15.6. The van der Waals surface area contributed by atoms with Crippen LogP contribution in [0.15, 0.2) is 0 Å². The predicted octanol–water partition coefficient (Wildman–Crippen LogP) is 0.839. The molecule has 1 aliphatic carbocycles. The van der Waals surface area contributed by atoms with Gasteiger partial charge in [-0.1, -0.05) is 0 Å². The number of amides is 2. The van der Waals surface area contributed by atoms with E-state index < -0.39 is 12.0 Å². The number of ether oxygens (including phenoxy) is 1. The third kappa shape index (κ3) is 3.61. The SMILES string of the molecule is COC(=O)CCN(C)C(=O)N1C(C(=O)O)CSC1C1CC1. The highest BCUT2D eigenvalue weighted by Crippen LogP contribution is 2.45. The minimum Gasteiger partial charge on any atom is -0.480 e. The fourth-order valence-corrected chi connectivity index (χ4v) is 3.98. The van der Waals surface area contributed by atoms with Gasteiger partial charge < -0.3 is 14.7 Å². The van der Waals surface area contributed by atoms with Crippen molar-refractivity contribution in [3.63, 3.8) is 0 Å². The van der Waals surface area contributed by atoms with Gasteiger partial charge in [0.2, 0.25) is 0 Å². The van der Waals surface area contributed by atoms with Crippen LogP contribution in [0.5, 0.6) is 0 Å². The lowest BCUT2D eigenvalue weighted by molar-refractivity contribution is -0.142.